The average Bonchev–Trinajstić information content (AvgIpc) is 3.10. The van der Waals surface area contributed by atoms with Gasteiger partial charge in [0.1, 0.15) is 11.8 Å². The Bertz CT molecular complexity index is 920. The minimum atomic E-state index is -0.570. The molecule has 6 nitrogen and oxygen atoms in total. The van der Waals surface area contributed by atoms with Crippen molar-refractivity contribution in [2.75, 3.05) is 13.1 Å². The summed E-state index contributed by atoms with van der Waals surface area (Å²) in [6, 6.07) is 9.16. The first-order valence-electron chi connectivity index (χ1n) is 10.8. The van der Waals surface area contributed by atoms with Gasteiger partial charge in [0.05, 0.1) is 12.1 Å². The highest BCUT2D eigenvalue weighted by Gasteiger charge is 2.40. The SMILES string of the molecule is Cc1cc(CC(=O)N[C@@H](C(=O)N2CC[C@H](c3ccc(Cl)cc3)C(C)(C)C2)C(C)C)on1. The van der Waals surface area contributed by atoms with Gasteiger partial charge in [-0.05, 0) is 48.3 Å². The molecule has 168 valence electrons. The Kier molecular flexibility index (Phi) is 7.10. The van der Waals surface area contributed by atoms with Gasteiger partial charge in [-0.2, -0.15) is 0 Å². The highest BCUT2D eigenvalue weighted by molar-refractivity contribution is 6.30. The van der Waals surface area contributed by atoms with E-state index in [0.717, 1.165) is 17.1 Å². The smallest absolute Gasteiger partial charge is 0.245 e. The van der Waals surface area contributed by atoms with E-state index in [2.05, 4.69) is 36.5 Å². The van der Waals surface area contributed by atoms with Crippen molar-refractivity contribution < 1.29 is 14.1 Å². The van der Waals surface area contributed by atoms with E-state index in [9.17, 15) is 9.59 Å². The molecule has 3 rings (SSSR count). The van der Waals surface area contributed by atoms with Gasteiger partial charge in [-0.25, -0.2) is 0 Å². The number of aromatic nitrogens is 1. The topological polar surface area (TPSA) is 75.4 Å². The number of amides is 2. The molecule has 1 aromatic heterocycles. The fourth-order valence-corrected chi connectivity index (χ4v) is 4.58. The van der Waals surface area contributed by atoms with Crippen molar-refractivity contribution in [1.82, 2.24) is 15.4 Å². The van der Waals surface area contributed by atoms with Crippen LogP contribution in [0.15, 0.2) is 34.9 Å². The zero-order valence-corrected chi connectivity index (χ0v) is 19.7. The summed E-state index contributed by atoms with van der Waals surface area (Å²) in [5.41, 5.74) is 1.88. The molecule has 1 N–H and O–H groups in total. The maximum atomic E-state index is 13.4. The predicted octanol–water partition coefficient (Wildman–Crippen LogP) is 4.36. The molecule has 31 heavy (non-hydrogen) atoms. The number of carbonyl (C=O) groups excluding carboxylic acids is 2. The summed E-state index contributed by atoms with van der Waals surface area (Å²) in [6.07, 6.45) is 0.942. The van der Waals surface area contributed by atoms with Gasteiger partial charge in [-0.3, -0.25) is 9.59 Å². The number of hydrogen-bond acceptors (Lipinski definition) is 4. The third-order valence-corrected chi connectivity index (χ3v) is 6.33. The van der Waals surface area contributed by atoms with E-state index in [0.29, 0.717) is 24.8 Å². The number of halogens is 1. The van der Waals surface area contributed by atoms with Gasteiger partial charge >= 0.3 is 0 Å². The molecule has 0 unspecified atom stereocenters. The van der Waals surface area contributed by atoms with Crippen LogP contribution in [0.25, 0.3) is 0 Å². The lowest BCUT2D eigenvalue weighted by Crippen LogP contribution is -2.56. The molecule has 0 saturated carbocycles. The fraction of sp³-hybridized carbons (Fsp3) is 0.542. The lowest BCUT2D eigenvalue weighted by atomic mass is 9.70. The van der Waals surface area contributed by atoms with Crippen LogP contribution < -0.4 is 5.32 Å². The number of piperidine rings is 1. The monoisotopic (exact) mass is 445 g/mol. The van der Waals surface area contributed by atoms with Crippen LogP contribution in [-0.4, -0.2) is 41.0 Å². The second-order valence-electron chi connectivity index (χ2n) is 9.54. The van der Waals surface area contributed by atoms with Crippen molar-refractivity contribution >= 4 is 23.4 Å². The van der Waals surface area contributed by atoms with Gasteiger partial charge in [0.25, 0.3) is 0 Å². The minimum Gasteiger partial charge on any atom is -0.361 e. The quantitative estimate of drug-likeness (QED) is 0.716. The Labute approximate surface area is 189 Å². The van der Waals surface area contributed by atoms with Crippen LogP contribution in [0.1, 0.15) is 57.1 Å². The summed E-state index contributed by atoms with van der Waals surface area (Å²) in [6.45, 7) is 11.4. The average molecular weight is 446 g/mol. The first-order valence-corrected chi connectivity index (χ1v) is 11.2. The summed E-state index contributed by atoms with van der Waals surface area (Å²) >= 11 is 6.05. The largest absolute Gasteiger partial charge is 0.361 e. The van der Waals surface area contributed by atoms with E-state index in [-0.39, 0.29) is 29.6 Å². The van der Waals surface area contributed by atoms with E-state index >= 15 is 0 Å². The molecule has 2 heterocycles. The molecule has 1 aliphatic heterocycles. The van der Waals surface area contributed by atoms with Crippen LogP contribution >= 0.6 is 11.6 Å². The van der Waals surface area contributed by atoms with Crippen LogP contribution in [0.3, 0.4) is 0 Å². The summed E-state index contributed by atoms with van der Waals surface area (Å²) in [4.78, 5) is 27.8. The lowest BCUT2D eigenvalue weighted by molar-refractivity contribution is -0.140. The second-order valence-corrected chi connectivity index (χ2v) is 9.98. The molecular formula is C24H32ClN3O3. The Morgan fingerprint density at radius 1 is 1.29 bits per heavy atom. The van der Waals surface area contributed by atoms with Crippen molar-refractivity contribution in [3.63, 3.8) is 0 Å². The molecule has 0 bridgehead atoms. The number of rotatable bonds is 6. The standard InChI is InChI=1S/C24H32ClN3O3/c1-15(2)22(26-21(29)13-19-12-16(3)27-31-19)23(30)28-11-10-20(24(4,5)14-28)17-6-8-18(25)9-7-17/h6-9,12,15,20,22H,10-11,13-14H2,1-5H3,(H,26,29)/t20-,22-/m1/s1. The number of aryl methyl sites for hydroxylation is 1. The van der Waals surface area contributed by atoms with Gasteiger partial charge in [-0.1, -0.05) is 56.6 Å². The van der Waals surface area contributed by atoms with Crippen molar-refractivity contribution in [2.45, 2.75) is 59.4 Å². The van der Waals surface area contributed by atoms with E-state index in [1.165, 1.54) is 5.56 Å². The molecular weight excluding hydrogens is 414 g/mol. The van der Waals surface area contributed by atoms with Crippen LogP contribution in [0.2, 0.25) is 5.02 Å². The molecule has 0 spiro atoms. The van der Waals surface area contributed by atoms with Crippen LogP contribution in [0.4, 0.5) is 0 Å². The van der Waals surface area contributed by atoms with Crippen LogP contribution in [0, 0.1) is 18.3 Å². The summed E-state index contributed by atoms with van der Waals surface area (Å²) in [7, 11) is 0. The normalized spacial score (nSPS) is 19.3. The Morgan fingerprint density at radius 3 is 2.52 bits per heavy atom. The number of nitrogens with one attached hydrogen (secondary N) is 1. The van der Waals surface area contributed by atoms with Crippen molar-refractivity contribution in [3.05, 3.63) is 52.4 Å². The van der Waals surface area contributed by atoms with Crippen molar-refractivity contribution in [1.29, 1.82) is 0 Å². The Morgan fingerprint density at radius 2 is 1.97 bits per heavy atom. The molecule has 1 saturated heterocycles. The van der Waals surface area contributed by atoms with E-state index < -0.39 is 6.04 Å². The summed E-state index contributed by atoms with van der Waals surface area (Å²) < 4.78 is 5.13. The number of carbonyl (C=O) groups is 2. The first kappa shape index (κ1) is 23.3. The van der Waals surface area contributed by atoms with Crippen LogP contribution in [-0.2, 0) is 16.0 Å². The molecule has 1 aromatic carbocycles. The highest BCUT2D eigenvalue weighted by atomic mass is 35.5. The summed E-state index contributed by atoms with van der Waals surface area (Å²) in [5, 5.41) is 7.45. The van der Waals surface area contributed by atoms with E-state index in [1.54, 1.807) is 13.0 Å². The molecule has 0 radical (unpaired) electrons. The third kappa shape index (κ3) is 5.67. The molecule has 7 heteroatoms. The van der Waals surface area contributed by atoms with Gasteiger partial charge < -0.3 is 14.7 Å². The fourth-order valence-electron chi connectivity index (χ4n) is 4.45. The Hall–Kier alpha value is -2.34. The predicted molar refractivity (Wildman–Crippen MR) is 121 cm³/mol. The highest BCUT2D eigenvalue weighted by Crippen LogP contribution is 2.42. The maximum absolute atomic E-state index is 13.4. The number of benzene rings is 1. The van der Waals surface area contributed by atoms with E-state index in [1.807, 2.05) is 30.9 Å². The molecule has 1 fully saturated rings. The molecule has 2 atom stereocenters. The summed E-state index contributed by atoms with van der Waals surface area (Å²) in [5.74, 6) is 0.550. The van der Waals surface area contributed by atoms with Crippen LogP contribution in [0.5, 0.6) is 0 Å². The third-order valence-electron chi connectivity index (χ3n) is 6.07. The number of hydrogen-bond donors (Lipinski definition) is 1. The lowest BCUT2D eigenvalue weighted by Gasteiger charge is -2.45. The second kappa shape index (κ2) is 9.43. The van der Waals surface area contributed by atoms with Gasteiger partial charge in [-0.15, -0.1) is 0 Å². The van der Waals surface area contributed by atoms with Gasteiger partial charge in [0.15, 0.2) is 0 Å². The minimum absolute atomic E-state index is 0.0231. The number of likely N-dealkylation sites (tertiary alicyclic amines) is 1. The molecule has 2 amide bonds. The molecule has 2 aromatic rings. The van der Waals surface area contributed by atoms with Crippen molar-refractivity contribution in [3.8, 4) is 0 Å². The van der Waals surface area contributed by atoms with E-state index in [4.69, 9.17) is 16.1 Å². The van der Waals surface area contributed by atoms with Gasteiger partial charge in [0, 0.05) is 24.2 Å². The maximum Gasteiger partial charge on any atom is 0.245 e. The molecule has 0 aliphatic carbocycles. The zero-order chi connectivity index (χ0) is 22.8. The van der Waals surface area contributed by atoms with Gasteiger partial charge in [0.2, 0.25) is 11.8 Å². The Balaban J connectivity index is 1.66. The first-order chi connectivity index (χ1) is 14.6. The molecule has 1 aliphatic rings. The van der Waals surface area contributed by atoms with Crippen molar-refractivity contribution in [2.24, 2.45) is 11.3 Å². The zero-order valence-electron chi connectivity index (χ0n) is 18.9. The number of nitrogens with zero attached hydrogens (tertiary/aromatic N) is 2.